The fourth-order valence-electron chi connectivity index (χ4n) is 4.21. The van der Waals surface area contributed by atoms with E-state index in [9.17, 15) is 9.59 Å². The van der Waals surface area contributed by atoms with Crippen molar-refractivity contribution in [2.75, 3.05) is 13.1 Å². The lowest BCUT2D eigenvalue weighted by Crippen LogP contribution is -2.47. The highest BCUT2D eigenvalue weighted by Crippen LogP contribution is 2.36. The number of nitrogens with zero attached hydrogens (tertiary/aromatic N) is 3. The number of rotatable bonds is 6. The molecule has 1 aliphatic rings. The molecule has 7 nitrogen and oxygen atoms in total. The van der Waals surface area contributed by atoms with Gasteiger partial charge in [0.1, 0.15) is 5.69 Å². The lowest BCUT2D eigenvalue weighted by atomic mass is 9.79. The van der Waals surface area contributed by atoms with Crippen molar-refractivity contribution in [3.63, 3.8) is 0 Å². The summed E-state index contributed by atoms with van der Waals surface area (Å²) in [6.07, 6.45) is 6.29. The highest BCUT2D eigenvalue weighted by atomic mass is 16.2. The van der Waals surface area contributed by atoms with Gasteiger partial charge in [0.15, 0.2) is 0 Å². The number of likely N-dealkylation sites (tertiary alicyclic amines) is 1. The van der Waals surface area contributed by atoms with Crippen LogP contribution in [0, 0.1) is 5.41 Å². The van der Waals surface area contributed by atoms with Gasteiger partial charge in [-0.2, -0.15) is 5.10 Å². The first-order chi connectivity index (χ1) is 15.0. The zero-order valence-electron chi connectivity index (χ0n) is 17.8. The molecule has 31 heavy (non-hydrogen) atoms. The second-order valence-corrected chi connectivity index (χ2v) is 8.47. The lowest BCUT2D eigenvalue weighted by Gasteiger charge is -2.29. The van der Waals surface area contributed by atoms with Crippen LogP contribution in [0.15, 0.2) is 61.1 Å². The van der Waals surface area contributed by atoms with Crippen LogP contribution in [0.25, 0.3) is 11.1 Å². The zero-order chi connectivity index (χ0) is 21.8. The van der Waals surface area contributed by atoms with E-state index in [0.717, 1.165) is 16.7 Å². The van der Waals surface area contributed by atoms with Crippen LogP contribution in [0.2, 0.25) is 0 Å². The second-order valence-electron chi connectivity index (χ2n) is 8.47. The first-order valence-electron chi connectivity index (χ1n) is 10.6. The van der Waals surface area contributed by atoms with Gasteiger partial charge in [0.2, 0.25) is 5.91 Å². The molecule has 2 aromatic heterocycles. The molecule has 0 spiro atoms. The Morgan fingerprint density at radius 3 is 2.65 bits per heavy atom. The summed E-state index contributed by atoms with van der Waals surface area (Å²) in [5.74, 6) is -0.126. The number of carbonyl (C=O) groups is 2. The van der Waals surface area contributed by atoms with Crippen LogP contribution >= 0.6 is 0 Å². The van der Waals surface area contributed by atoms with E-state index in [4.69, 9.17) is 0 Å². The Hall–Kier alpha value is -3.48. The van der Waals surface area contributed by atoms with E-state index in [1.54, 1.807) is 29.6 Å². The molecular weight excluding hydrogens is 390 g/mol. The number of aromatic amines is 1. The minimum Gasteiger partial charge on any atom is -0.353 e. The molecular formula is C24H27N5O2. The number of carbonyl (C=O) groups excluding carboxylic acids is 2. The van der Waals surface area contributed by atoms with Crippen molar-refractivity contribution in [1.29, 1.82) is 0 Å². The summed E-state index contributed by atoms with van der Waals surface area (Å²) in [6.45, 7) is 4.83. The average Bonchev–Trinajstić information content (AvgIpc) is 3.45. The smallest absolute Gasteiger partial charge is 0.271 e. The highest BCUT2D eigenvalue weighted by molar-refractivity contribution is 5.93. The van der Waals surface area contributed by atoms with E-state index in [2.05, 4.69) is 38.7 Å². The van der Waals surface area contributed by atoms with Gasteiger partial charge >= 0.3 is 0 Å². The minimum absolute atomic E-state index is 0.00303. The first kappa shape index (κ1) is 20.8. The molecule has 0 bridgehead atoms. The lowest BCUT2D eigenvalue weighted by molar-refractivity contribution is -0.130. The molecule has 7 heteroatoms. The third-order valence-corrected chi connectivity index (χ3v) is 5.76. The molecule has 0 saturated carbocycles. The highest BCUT2D eigenvalue weighted by Gasteiger charge is 2.46. The van der Waals surface area contributed by atoms with Gasteiger partial charge in [-0.15, -0.1) is 0 Å². The molecule has 2 amide bonds. The Bertz CT molecular complexity index is 1050. The van der Waals surface area contributed by atoms with Crippen molar-refractivity contribution in [2.24, 2.45) is 5.41 Å². The van der Waals surface area contributed by atoms with Crippen LogP contribution in [0.4, 0.5) is 0 Å². The van der Waals surface area contributed by atoms with E-state index < -0.39 is 5.41 Å². The van der Waals surface area contributed by atoms with Gasteiger partial charge in [0.25, 0.3) is 5.91 Å². The zero-order valence-corrected chi connectivity index (χ0v) is 17.8. The minimum atomic E-state index is -0.670. The van der Waals surface area contributed by atoms with Gasteiger partial charge in [0, 0.05) is 37.7 Å². The van der Waals surface area contributed by atoms with Gasteiger partial charge in [-0.1, -0.05) is 24.3 Å². The van der Waals surface area contributed by atoms with Crippen molar-refractivity contribution in [2.45, 2.75) is 32.7 Å². The van der Waals surface area contributed by atoms with Crippen LogP contribution in [0.3, 0.4) is 0 Å². The number of aromatic nitrogens is 3. The molecule has 160 valence electrons. The van der Waals surface area contributed by atoms with Crippen LogP contribution in [-0.4, -0.2) is 51.0 Å². The predicted molar refractivity (Wildman–Crippen MR) is 118 cm³/mol. The van der Waals surface area contributed by atoms with Crippen molar-refractivity contribution in [1.82, 2.24) is 25.4 Å². The molecule has 1 atom stereocenters. The molecule has 0 radical (unpaired) electrons. The standard InChI is InChI=1S/C24H27N5O2/c1-17(2)27-23(31)24(9-13-29(16-24)22(30)21-8-12-26-28-21)15-18-4-3-5-20(14-18)19-6-10-25-11-7-19/h3-8,10-12,14,17H,9,13,15-16H2,1-2H3,(H,26,28)(H,27,31)/t24-/m1/s1. The molecule has 3 aromatic rings. The third kappa shape index (κ3) is 4.50. The SMILES string of the molecule is CC(C)NC(=O)[C@@]1(Cc2cccc(-c3ccncc3)c2)CCN(C(=O)c2ccn[nH]2)C1. The van der Waals surface area contributed by atoms with Gasteiger partial charge in [-0.05, 0) is 61.6 Å². The summed E-state index contributed by atoms with van der Waals surface area (Å²) in [4.78, 5) is 32.0. The van der Waals surface area contributed by atoms with E-state index >= 15 is 0 Å². The molecule has 4 rings (SSSR count). The molecule has 1 saturated heterocycles. The molecule has 1 fully saturated rings. The van der Waals surface area contributed by atoms with Crippen molar-refractivity contribution in [3.8, 4) is 11.1 Å². The number of H-pyrrole nitrogens is 1. The monoisotopic (exact) mass is 417 g/mol. The van der Waals surface area contributed by atoms with Crippen LogP contribution in [0.5, 0.6) is 0 Å². The number of nitrogens with one attached hydrogen (secondary N) is 2. The van der Waals surface area contributed by atoms with Crippen molar-refractivity contribution >= 4 is 11.8 Å². The summed E-state index contributed by atoms with van der Waals surface area (Å²) >= 11 is 0. The Kier molecular flexibility index (Phi) is 5.84. The number of benzene rings is 1. The summed E-state index contributed by atoms with van der Waals surface area (Å²) in [5, 5.41) is 9.69. The summed E-state index contributed by atoms with van der Waals surface area (Å²) in [5.41, 5.74) is 3.02. The predicted octanol–water partition coefficient (Wildman–Crippen LogP) is 3.07. The molecule has 1 aliphatic heterocycles. The van der Waals surface area contributed by atoms with E-state index in [1.165, 1.54) is 0 Å². The Morgan fingerprint density at radius 2 is 1.94 bits per heavy atom. The summed E-state index contributed by atoms with van der Waals surface area (Å²) in [6, 6.07) is 13.9. The van der Waals surface area contributed by atoms with Gasteiger partial charge < -0.3 is 10.2 Å². The third-order valence-electron chi connectivity index (χ3n) is 5.76. The van der Waals surface area contributed by atoms with Crippen molar-refractivity contribution in [3.05, 3.63) is 72.3 Å². The van der Waals surface area contributed by atoms with Crippen LogP contribution in [0.1, 0.15) is 36.3 Å². The molecule has 3 heterocycles. The maximum atomic E-state index is 13.3. The fourth-order valence-corrected chi connectivity index (χ4v) is 4.21. The molecule has 0 unspecified atom stereocenters. The molecule has 0 aliphatic carbocycles. The Balaban J connectivity index is 1.61. The van der Waals surface area contributed by atoms with Crippen molar-refractivity contribution < 1.29 is 9.59 Å². The van der Waals surface area contributed by atoms with Gasteiger partial charge in [-0.3, -0.25) is 19.7 Å². The maximum absolute atomic E-state index is 13.3. The van der Waals surface area contributed by atoms with Gasteiger partial charge in [0.05, 0.1) is 5.41 Å². The van der Waals surface area contributed by atoms with E-state index in [-0.39, 0.29) is 17.9 Å². The number of pyridine rings is 1. The fraction of sp³-hybridized carbons (Fsp3) is 0.333. The average molecular weight is 418 g/mol. The Morgan fingerprint density at radius 1 is 1.13 bits per heavy atom. The molecule has 2 N–H and O–H groups in total. The maximum Gasteiger partial charge on any atom is 0.271 e. The van der Waals surface area contributed by atoms with E-state index in [0.29, 0.717) is 31.6 Å². The first-order valence-corrected chi connectivity index (χ1v) is 10.6. The second kappa shape index (κ2) is 8.71. The topological polar surface area (TPSA) is 91.0 Å². The van der Waals surface area contributed by atoms with Crippen LogP contribution < -0.4 is 5.32 Å². The van der Waals surface area contributed by atoms with E-state index in [1.807, 2.05) is 32.0 Å². The quantitative estimate of drug-likeness (QED) is 0.645. The Labute approximate surface area is 181 Å². The normalized spacial score (nSPS) is 18.4. The van der Waals surface area contributed by atoms with Crippen LogP contribution in [-0.2, 0) is 11.2 Å². The summed E-state index contributed by atoms with van der Waals surface area (Å²) < 4.78 is 0. The summed E-state index contributed by atoms with van der Waals surface area (Å²) in [7, 11) is 0. The number of hydrogen-bond acceptors (Lipinski definition) is 4. The van der Waals surface area contributed by atoms with Gasteiger partial charge in [-0.25, -0.2) is 0 Å². The number of amides is 2. The molecule has 1 aromatic carbocycles. The largest absolute Gasteiger partial charge is 0.353 e. The number of hydrogen-bond donors (Lipinski definition) is 2.